The van der Waals surface area contributed by atoms with Gasteiger partial charge in [0.2, 0.25) is 0 Å². The van der Waals surface area contributed by atoms with E-state index in [0.29, 0.717) is 6.61 Å². The number of hydrogen-bond acceptors (Lipinski definition) is 5. The lowest BCUT2D eigenvalue weighted by Crippen LogP contribution is -2.36. The minimum atomic E-state index is -0.419. The van der Waals surface area contributed by atoms with Crippen LogP contribution in [0.3, 0.4) is 0 Å². The number of halogens is 1. The van der Waals surface area contributed by atoms with Crippen molar-refractivity contribution in [1.82, 2.24) is 9.99 Å². The van der Waals surface area contributed by atoms with E-state index in [1.54, 1.807) is 6.20 Å². The van der Waals surface area contributed by atoms with Gasteiger partial charge in [0, 0.05) is 16.2 Å². The molecular weight excluding hydrogens is 398 g/mol. The predicted octanol–water partition coefficient (Wildman–Crippen LogP) is 3.57. The number of oxazole rings is 1. The Balaban J connectivity index is 1.43. The van der Waals surface area contributed by atoms with E-state index in [-0.39, 0.29) is 6.23 Å². The van der Waals surface area contributed by atoms with E-state index in [2.05, 4.69) is 21.4 Å². The number of hydrazine groups is 1. The molecule has 0 radical (unpaired) electrons. The second kappa shape index (κ2) is 7.33. The minimum absolute atomic E-state index is 0.257. The SMILES string of the molecule is O=c1occn1-c1ccccc1COC1C=CN(c2ccc(Br)cc2)N1. The van der Waals surface area contributed by atoms with E-state index in [9.17, 15) is 4.79 Å². The van der Waals surface area contributed by atoms with Crippen molar-refractivity contribution < 1.29 is 9.15 Å². The van der Waals surface area contributed by atoms with Gasteiger partial charge >= 0.3 is 5.76 Å². The van der Waals surface area contributed by atoms with Crippen molar-refractivity contribution in [3.8, 4) is 5.69 Å². The lowest BCUT2D eigenvalue weighted by molar-refractivity contribution is 0.0556. The van der Waals surface area contributed by atoms with Crippen LogP contribution in [0.2, 0.25) is 0 Å². The molecule has 1 aliphatic rings. The fraction of sp³-hybridized carbons (Fsp3) is 0.105. The van der Waals surface area contributed by atoms with Gasteiger partial charge < -0.3 is 9.15 Å². The predicted molar refractivity (Wildman–Crippen MR) is 102 cm³/mol. The number of aromatic nitrogens is 1. The Bertz CT molecular complexity index is 978. The number of benzene rings is 2. The van der Waals surface area contributed by atoms with Gasteiger partial charge in [-0.2, -0.15) is 5.43 Å². The summed E-state index contributed by atoms with van der Waals surface area (Å²) in [7, 11) is 0. The number of nitrogens with zero attached hydrogens (tertiary/aromatic N) is 2. The van der Waals surface area contributed by atoms with Crippen LogP contribution in [0.5, 0.6) is 0 Å². The van der Waals surface area contributed by atoms with Crippen molar-refractivity contribution in [3.63, 3.8) is 0 Å². The summed E-state index contributed by atoms with van der Waals surface area (Å²) < 4.78 is 13.3. The molecule has 132 valence electrons. The normalized spacial score (nSPS) is 16.3. The van der Waals surface area contributed by atoms with Crippen LogP contribution in [-0.2, 0) is 11.3 Å². The largest absolute Gasteiger partial charge is 0.423 e. The molecule has 4 rings (SSSR count). The first-order valence-corrected chi connectivity index (χ1v) is 8.85. The smallest absolute Gasteiger partial charge is 0.416 e. The number of para-hydroxylation sites is 1. The topological polar surface area (TPSA) is 59.6 Å². The molecular formula is C19H16BrN3O3. The minimum Gasteiger partial charge on any atom is -0.416 e. The molecule has 0 aliphatic carbocycles. The Kier molecular flexibility index (Phi) is 4.75. The quantitative estimate of drug-likeness (QED) is 0.692. The van der Waals surface area contributed by atoms with Crippen molar-refractivity contribution >= 4 is 21.6 Å². The summed E-state index contributed by atoms with van der Waals surface area (Å²) in [5.74, 6) is -0.419. The van der Waals surface area contributed by atoms with Crippen LogP contribution in [-0.4, -0.2) is 10.8 Å². The van der Waals surface area contributed by atoms with Gasteiger partial charge in [0.05, 0.1) is 24.2 Å². The van der Waals surface area contributed by atoms with E-state index in [1.807, 2.05) is 65.8 Å². The van der Waals surface area contributed by atoms with E-state index in [1.165, 1.54) is 10.8 Å². The number of hydrogen-bond donors (Lipinski definition) is 1. The number of rotatable bonds is 5. The average Bonchev–Trinajstić information content (AvgIpc) is 3.30. The van der Waals surface area contributed by atoms with Crippen LogP contribution >= 0.6 is 15.9 Å². The zero-order chi connectivity index (χ0) is 17.9. The maximum atomic E-state index is 11.8. The van der Waals surface area contributed by atoms with Crippen LogP contribution in [0.4, 0.5) is 5.69 Å². The maximum Gasteiger partial charge on any atom is 0.423 e. The Morgan fingerprint density at radius 3 is 2.73 bits per heavy atom. The molecule has 2 heterocycles. The number of anilines is 1. The monoisotopic (exact) mass is 413 g/mol. The van der Waals surface area contributed by atoms with E-state index in [4.69, 9.17) is 9.15 Å². The third kappa shape index (κ3) is 3.50. The molecule has 3 aromatic rings. The molecule has 0 amide bonds. The summed E-state index contributed by atoms with van der Waals surface area (Å²) in [5.41, 5.74) is 5.92. The Morgan fingerprint density at radius 1 is 1.15 bits per heavy atom. The standard InChI is InChI=1S/C19H16BrN3O3/c20-15-5-7-16(8-6-15)23-10-9-18(21-23)26-13-14-3-1-2-4-17(14)22-11-12-25-19(22)24/h1-12,18,21H,13H2. The number of nitrogens with one attached hydrogen (secondary N) is 1. The first-order valence-electron chi connectivity index (χ1n) is 8.06. The zero-order valence-corrected chi connectivity index (χ0v) is 15.3. The lowest BCUT2D eigenvalue weighted by atomic mass is 10.2. The van der Waals surface area contributed by atoms with Crippen LogP contribution in [0, 0.1) is 0 Å². The van der Waals surface area contributed by atoms with Gasteiger partial charge in [-0.05, 0) is 36.4 Å². The fourth-order valence-corrected chi connectivity index (χ4v) is 3.00. The van der Waals surface area contributed by atoms with Crippen LogP contribution in [0.25, 0.3) is 5.69 Å². The van der Waals surface area contributed by atoms with E-state index < -0.39 is 5.76 Å². The van der Waals surface area contributed by atoms with Gasteiger partial charge in [-0.15, -0.1) is 0 Å². The van der Waals surface area contributed by atoms with Crippen LogP contribution in [0.1, 0.15) is 5.56 Å². The summed E-state index contributed by atoms with van der Waals surface area (Å²) in [6, 6.07) is 15.6. The third-order valence-electron chi connectivity index (χ3n) is 4.03. The second-order valence-electron chi connectivity index (χ2n) is 5.72. The molecule has 2 aromatic carbocycles. The lowest BCUT2D eigenvalue weighted by Gasteiger charge is -2.20. The highest BCUT2D eigenvalue weighted by molar-refractivity contribution is 9.10. The molecule has 0 bridgehead atoms. The first-order chi connectivity index (χ1) is 12.7. The van der Waals surface area contributed by atoms with Gasteiger partial charge in [-0.1, -0.05) is 34.1 Å². The van der Waals surface area contributed by atoms with Crippen molar-refractivity contribution in [3.05, 3.63) is 93.9 Å². The molecule has 1 atom stereocenters. The summed E-state index contributed by atoms with van der Waals surface area (Å²) in [6.07, 6.45) is 6.59. The number of ether oxygens (including phenoxy) is 1. The van der Waals surface area contributed by atoms with Gasteiger partial charge in [-0.3, -0.25) is 5.01 Å². The summed E-state index contributed by atoms with van der Waals surface area (Å²) in [5, 5.41) is 1.91. The van der Waals surface area contributed by atoms with Crippen LogP contribution in [0.15, 0.2) is 87.0 Å². The molecule has 26 heavy (non-hydrogen) atoms. The molecule has 7 heteroatoms. The first kappa shape index (κ1) is 16.8. The summed E-state index contributed by atoms with van der Waals surface area (Å²) >= 11 is 3.43. The van der Waals surface area contributed by atoms with E-state index in [0.717, 1.165) is 21.4 Å². The Labute approximate surface area is 158 Å². The van der Waals surface area contributed by atoms with Crippen LogP contribution < -0.4 is 16.2 Å². The highest BCUT2D eigenvalue weighted by atomic mass is 79.9. The van der Waals surface area contributed by atoms with Crippen molar-refractivity contribution in [2.24, 2.45) is 0 Å². The van der Waals surface area contributed by atoms with Gasteiger partial charge in [0.1, 0.15) is 12.5 Å². The molecule has 1 aliphatic heterocycles. The highest BCUT2D eigenvalue weighted by Crippen LogP contribution is 2.21. The average molecular weight is 414 g/mol. The fourth-order valence-electron chi connectivity index (χ4n) is 2.74. The second-order valence-corrected chi connectivity index (χ2v) is 6.63. The molecule has 0 fully saturated rings. The molecule has 6 nitrogen and oxygen atoms in total. The molecule has 0 spiro atoms. The van der Waals surface area contributed by atoms with Crippen molar-refractivity contribution in [2.45, 2.75) is 12.8 Å². The molecule has 1 aromatic heterocycles. The van der Waals surface area contributed by atoms with Gasteiger partial charge in [0.25, 0.3) is 0 Å². The Morgan fingerprint density at radius 2 is 1.96 bits per heavy atom. The highest BCUT2D eigenvalue weighted by Gasteiger charge is 2.17. The van der Waals surface area contributed by atoms with Gasteiger partial charge in [0.15, 0.2) is 0 Å². The maximum absolute atomic E-state index is 11.8. The van der Waals surface area contributed by atoms with Crippen molar-refractivity contribution in [1.29, 1.82) is 0 Å². The molecule has 1 N–H and O–H groups in total. The third-order valence-corrected chi connectivity index (χ3v) is 4.55. The Hall–Kier alpha value is -2.61. The molecule has 0 saturated heterocycles. The van der Waals surface area contributed by atoms with Gasteiger partial charge in [-0.25, -0.2) is 9.36 Å². The zero-order valence-electron chi connectivity index (χ0n) is 13.7. The van der Waals surface area contributed by atoms with E-state index >= 15 is 0 Å². The summed E-state index contributed by atoms with van der Waals surface area (Å²) in [4.78, 5) is 11.8. The molecule has 1 unspecified atom stereocenters. The molecule has 0 saturated carbocycles. The summed E-state index contributed by atoms with van der Waals surface area (Å²) in [6.45, 7) is 0.351. The van der Waals surface area contributed by atoms with Crippen molar-refractivity contribution in [2.75, 3.05) is 5.01 Å².